The molecule has 4 nitrogen and oxygen atoms in total. The molecule has 2 N–H and O–H groups in total. The van der Waals surface area contributed by atoms with Gasteiger partial charge in [0.25, 0.3) is 0 Å². The Hall–Kier alpha value is -0.870. The molecule has 2 bridgehead atoms. The molecule has 2 saturated heterocycles. The van der Waals surface area contributed by atoms with Crippen LogP contribution in [-0.4, -0.2) is 28.0 Å². The summed E-state index contributed by atoms with van der Waals surface area (Å²) in [5, 5.41) is 4.72. The number of fused-ring (bicyclic) bond motifs is 2. The van der Waals surface area contributed by atoms with E-state index in [4.69, 9.17) is 15.6 Å². The highest BCUT2D eigenvalue weighted by atomic mass is 16.5. The summed E-state index contributed by atoms with van der Waals surface area (Å²) in [6.45, 7) is 4.43. The van der Waals surface area contributed by atoms with Crippen LogP contribution in [0.1, 0.15) is 57.7 Å². The maximum absolute atomic E-state index is 6.42. The summed E-state index contributed by atoms with van der Waals surface area (Å²) in [4.78, 5) is 0. The third kappa shape index (κ3) is 2.63. The van der Waals surface area contributed by atoms with Crippen LogP contribution in [0.25, 0.3) is 0 Å². The van der Waals surface area contributed by atoms with Gasteiger partial charge in [-0.3, -0.25) is 4.68 Å². The summed E-state index contributed by atoms with van der Waals surface area (Å²) in [5.41, 5.74) is 7.55. The fourth-order valence-electron chi connectivity index (χ4n) is 3.87. The molecule has 0 aliphatic carbocycles. The molecule has 0 amide bonds. The fourth-order valence-corrected chi connectivity index (χ4v) is 3.87. The van der Waals surface area contributed by atoms with E-state index in [0.717, 1.165) is 31.4 Å². The molecule has 4 unspecified atom stereocenters. The monoisotopic (exact) mass is 277 g/mol. The number of hydrogen-bond acceptors (Lipinski definition) is 3. The molecule has 3 rings (SSSR count). The summed E-state index contributed by atoms with van der Waals surface area (Å²) in [5.74, 6) is 0.534. The lowest BCUT2D eigenvalue weighted by atomic mass is 9.82. The molecule has 0 saturated carbocycles. The molecule has 0 radical (unpaired) electrons. The molecule has 0 spiro atoms. The Labute approximate surface area is 121 Å². The van der Waals surface area contributed by atoms with E-state index in [1.54, 1.807) is 0 Å². The van der Waals surface area contributed by atoms with E-state index in [-0.39, 0.29) is 6.04 Å². The van der Waals surface area contributed by atoms with Gasteiger partial charge in [-0.15, -0.1) is 0 Å². The molecule has 3 heterocycles. The van der Waals surface area contributed by atoms with Crippen molar-refractivity contribution in [3.63, 3.8) is 0 Å². The van der Waals surface area contributed by atoms with E-state index in [2.05, 4.69) is 30.8 Å². The quantitative estimate of drug-likeness (QED) is 0.869. The molecule has 0 aromatic carbocycles. The van der Waals surface area contributed by atoms with Crippen molar-refractivity contribution in [2.24, 2.45) is 11.7 Å². The van der Waals surface area contributed by atoms with E-state index >= 15 is 0 Å². The van der Waals surface area contributed by atoms with Crippen molar-refractivity contribution in [3.05, 3.63) is 18.0 Å². The highest BCUT2D eigenvalue weighted by Crippen LogP contribution is 2.40. The minimum Gasteiger partial charge on any atom is -0.375 e. The van der Waals surface area contributed by atoms with Crippen LogP contribution in [0, 0.1) is 5.92 Å². The standard InChI is InChI=1S/C16H27N3O/c1-3-12(4-2)19-8-7-11(18-19)9-15(17)14-10-13-5-6-16(14)20-13/h7-8,12-16H,3-6,9-10,17H2,1-2H3. The first-order valence-electron chi connectivity index (χ1n) is 8.16. The normalized spacial score (nSPS) is 30.3. The van der Waals surface area contributed by atoms with Gasteiger partial charge in [-0.05, 0) is 38.2 Å². The smallest absolute Gasteiger partial charge is 0.0640 e. The summed E-state index contributed by atoms with van der Waals surface area (Å²) in [6.07, 6.45) is 9.73. The van der Waals surface area contributed by atoms with Crippen LogP contribution in [0.5, 0.6) is 0 Å². The second kappa shape index (κ2) is 5.86. The minimum absolute atomic E-state index is 0.190. The average molecular weight is 277 g/mol. The van der Waals surface area contributed by atoms with Crippen LogP contribution in [-0.2, 0) is 11.2 Å². The molecule has 1 aromatic heterocycles. The molecule has 20 heavy (non-hydrogen) atoms. The van der Waals surface area contributed by atoms with Crippen LogP contribution in [0.15, 0.2) is 12.3 Å². The zero-order chi connectivity index (χ0) is 14.1. The number of nitrogens with two attached hydrogens (primary N) is 1. The predicted molar refractivity (Wildman–Crippen MR) is 79.5 cm³/mol. The van der Waals surface area contributed by atoms with Gasteiger partial charge in [0.15, 0.2) is 0 Å². The summed E-state index contributed by atoms with van der Waals surface area (Å²) in [6, 6.07) is 2.84. The number of rotatable bonds is 6. The summed E-state index contributed by atoms with van der Waals surface area (Å²) < 4.78 is 8.03. The lowest BCUT2D eigenvalue weighted by molar-refractivity contribution is 0.0884. The molecule has 2 fully saturated rings. The molecule has 112 valence electrons. The largest absolute Gasteiger partial charge is 0.375 e. The van der Waals surface area contributed by atoms with Crippen molar-refractivity contribution in [2.75, 3.05) is 0 Å². The molecule has 2 aliphatic heterocycles. The van der Waals surface area contributed by atoms with Gasteiger partial charge in [-0.2, -0.15) is 5.10 Å². The topological polar surface area (TPSA) is 53.1 Å². The van der Waals surface area contributed by atoms with E-state index in [0.29, 0.717) is 24.2 Å². The third-order valence-corrected chi connectivity index (χ3v) is 5.13. The Bertz CT molecular complexity index is 441. The van der Waals surface area contributed by atoms with Gasteiger partial charge < -0.3 is 10.5 Å². The van der Waals surface area contributed by atoms with Gasteiger partial charge in [0, 0.05) is 24.6 Å². The molecular weight excluding hydrogens is 250 g/mol. The number of nitrogens with zero attached hydrogens (tertiary/aromatic N) is 2. The minimum atomic E-state index is 0.190. The number of hydrogen-bond donors (Lipinski definition) is 1. The molecular formula is C16H27N3O. The van der Waals surface area contributed by atoms with Gasteiger partial charge in [0.2, 0.25) is 0 Å². The maximum Gasteiger partial charge on any atom is 0.0640 e. The van der Waals surface area contributed by atoms with Crippen LogP contribution >= 0.6 is 0 Å². The average Bonchev–Trinajstić information content (AvgIpc) is 3.16. The van der Waals surface area contributed by atoms with Crippen molar-refractivity contribution in [2.45, 2.75) is 76.7 Å². The van der Waals surface area contributed by atoms with Gasteiger partial charge >= 0.3 is 0 Å². The fraction of sp³-hybridized carbons (Fsp3) is 0.812. The highest BCUT2D eigenvalue weighted by Gasteiger charge is 2.43. The van der Waals surface area contributed by atoms with E-state index in [9.17, 15) is 0 Å². The third-order valence-electron chi connectivity index (χ3n) is 5.13. The van der Waals surface area contributed by atoms with Crippen molar-refractivity contribution in [1.29, 1.82) is 0 Å². The first kappa shape index (κ1) is 14.1. The van der Waals surface area contributed by atoms with Crippen molar-refractivity contribution in [1.82, 2.24) is 9.78 Å². The Morgan fingerprint density at radius 2 is 2.20 bits per heavy atom. The number of ether oxygens (including phenoxy) is 1. The van der Waals surface area contributed by atoms with Gasteiger partial charge in [-0.25, -0.2) is 0 Å². The lowest BCUT2D eigenvalue weighted by Crippen LogP contribution is -2.38. The Kier molecular flexibility index (Phi) is 4.13. The van der Waals surface area contributed by atoms with Crippen molar-refractivity contribution >= 4 is 0 Å². The first-order valence-corrected chi connectivity index (χ1v) is 8.16. The summed E-state index contributed by atoms with van der Waals surface area (Å²) >= 11 is 0. The van der Waals surface area contributed by atoms with Crippen LogP contribution in [0.3, 0.4) is 0 Å². The summed E-state index contributed by atoms with van der Waals surface area (Å²) in [7, 11) is 0. The maximum atomic E-state index is 6.42. The first-order chi connectivity index (χ1) is 9.71. The zero-order valence-corrected chi connectivity index (χ0v) is 12.7. The molecule has 2 aliphatic rings. The van der Waals surface area contributed by atoms with Gasteiger partial charge in [-0.1, -0.05) is 13.8 Å². The van der Waals surface area contributed by atoms with E-state index in [1.807, 2.05) is 0 Å². The molecule has 1 aromatic rings. The van der Waals surface area contributed by atoms with E-state index in [1.165, 1.54) is 12.8 Å². The predicted octanol–water partition coefficient (Wildman–Crippen LogP) is 2.68. The van der Waals surface area contributed by atoms with Crippen molar-refractivity contribution in [3.8, 4) is 0 Å². The molecule has 4 heteroatoms. The van der Waals surface area contributed by atoms with Gasteiger partial charge in [0.05, 0.1) is 23.9 Å². The highest BCUT2D eigenvalue weighted by molar-refractivity contribution is 5.05. The second-order valence-electron chi connectivity index (χ2n) is 6.40. The van der Waals surface area contributed by atoms with Crippen LogP contribution < -0.4 is 5.73 Å². The van der Waals surface area contributed by atoms with Crippen molar-refractivity contribution < 1.29 is 4.74 Å². The SMILES string of the molecule is CCC(CC)n1ccc(CC(N)C2CC3CCC2O3)n1. The lowest BCUT2D eigenvalue weighted by Gasteiger charge is -2.24. The second-order valence-corrected chi connectivity index (χ2v) is 6.40. The zero-order valence-electron chi connectivity index (χ0n) is 12.7. The Balaban J connectivity index is 1.60. The van der Waals surface area contributed by atoms with Crippen LogP contribution in [0.2, 0.25) is 0 Å². The Morgan fingerprint density at radius 1 is 1.40 bits per heavy atom. The molecule has 4 atom stereocenters. The van der Waals surface area contributed by atoms with E-state index < -0.39 is 0 Å². The number of aromatic nitrogens is 2. The van der Waals surface area contributed by atoms with Crippen LogP contribution in [0.4, 0.5) is 0 Å². The Morgan fingerprint density at radius 3 is 2.80 bits per heavy atom. The van der Waals surface area contributed by atoms with Gasteiger partial charge in [0.1, 0.15) is 0 Å².